The number of halogens is 2. The van der Waals surface area contributed by atoms with Gasteiger partial charge in [-0.25, -0.2) is 8.60 Å². The van der Waals surface area contributed by atoms with Gasteiger partial charge in [0.2, 0.25) is 0 Å². The van der Waals surface area contributed by atoms with Gasteiger partial charge in [-0.2, -0.15) is 0 Å². The first-order chi connectivity index (χ1) is 6.11. The van der Waals surface area contributed by atoms with Crippen molar-refractivity contribution in [2.45, 2.75) is 6.61 Å². The highest BCUT2D eigenvalue weighted by molar-refractivity contribution is 7.74. The molecule has 1 unspecified atom stereocenters. The van der Waals surface area contributed by atoms with E-state index in [1.165, 1.54) is 18.2 Å². The van der Waals surface area contributed by atoms with Crippen LogP contribution >= 0.6 is 11.6 Å². The predicted octanol–water partition coefficient (Wildman–Crippen LogP) is 1.79. The summed E-state index contributed by atoms with van der Waals surface area (Å²) in [7, 11) is 0. The molecule has 0 spiro atoms. The van der Waals surface area contributed by atoms with E-state index in [9.17, 15) is 13.2 Å². The molecular formula is C7H5ClFO3S-. The van der Waals surface area contributed by atoms with Gasteiger partial charge in [-0.1, -0.05) is 23.7 Å². The van der Waals surface area contributed by atoms with Gasteiger partial charge in [-0.15, -0.1) is 0 Å². The minimum Gasteiger partial charge on any atom is -0.750 e. The van der Waals surface area contributed by atoms with Gasteiger partial charge < -0.3 is 4.55 Å². The maximum Gasteiger partial charge on any atom is 0.147 e. The van der Waals surface area contributed by atoms with Gasteiger partial charge in [0.05, 0.1) is 23.0 Å². The monoisotopic (exact) mass is 223 g/mol. The third-order valence-electron chi connectivity index (χ3n) is 1.34. The Balaban J connectivity index is 2.77. The lowest BCUT2D eigenvalue weighted by molar-refractivity contribution is 0.286. The summed E-state index contributed by atoms with van der Waals surface area (Å²) >= 11 is 2.80. The molecule has 0 fully saturated rings. The van der Waals surface area contributed by atoms with Gasteiger partial charge in [0.15, 0.2) is 0 Å². The van der Waals surface area contributed by atoms with Crippen LogP contribution in [0.25, 0.3) is 0 Å². The Morgan fingerprint density at radius 1 is 1.62 bits per heavy atom. The maximum atomic E-state index is 13.0. The third-order valence-corrected chi connectivity index (χ3v) is 1.94. The molecule has 0 bridgehead atoms. The van der Waals surface area contributed by atoms with Crippen LogP contribution in [-0.4, -0.2) is 8.76 Å². The standard InChI is InChI=1S/C7H6ClFO3S/c8-6-3-1-2-5(7(6)9)4-12-13(10)11/h1-3H,4H2,(H,10,11)/p-1. The molecule has 6 heteroatoms. The molecule has 3 nitrogen and oxygen atoms in total. The third kappa shape index (κ3) is 3.04. The molecular weight excluding hydrogens is 219 g/mol. The quantitative estimate of drug-likeness (QED) is 0.734. The van der Waals surface area contributed by atoms with Crippen molar-refractivity contribution >= 4 is 23.0 Å². The van der Waals surface area contributed by atoms with E-state index in [-0.39, 0.29) is 17.2 Å². The fraction of sp³-hybridized carbons (Fsp3) is 0.143. The SMILES string of the molecule is O=S([O-])OCc1cccc(Cl)c1F. The highest BCUT2D eigenvalue weighted by Crippen LogP contribution is 2.18. The van der Waals surface area contributed by atoms with Crippen LogP contribution in [0.3, 0.4) is 0 Å². The highest BCUT2D eigenvalue weighted by atomic mass is 35.5. The summed E-state index contributed by atoms with van der Waals surface area (Å²) in [5.74, 6) is -0.658. The Morgan fingerprint density at radius 2 is 2.31 bits per heavy atom. The summed E-state index contributed by atoms with van der Waals surface area (Å²) < 4.78 is 37.2. The highest BCUT2D eigenvalue weighted by Gasteiger charge is 2.05. The molecule has 0 aliphatic rings. The molecule has 0 saturated carbocycles. The van der Waals surface area contributed by atoms with Crippen LogP contribution in [0.15, 0.2) is 18.2 Å². The molecule has 1 aromatic carbocycles. The number of rotatable bonds is 3. The van der Waals surface area contributed by atoms with E-state index in [1.807, 2.05) is 0 Å². The number of benzene rings is 1. The minimum absolute atomic E-state index is 0.0576. The van der Waals surface area contributed by atoms with Crippen LogP contribution in [0.4, 0.5) is 4.39 Å². The molecule has 0 heterocycles. The smallest absolute Gasteiger partial charge is 0.147 e. The van der Waals surface area contributed by atoms with Gasteiger partial charge in [-0.05, 0) is 6.07 Å². The molecule has 1 atom stereocenters. The van der Waals surface area contributed by atoms with E-state index < -0.39 is 17.2 Å². The summed E-state index contributed by atoms with van der Waals surface area (Å²) in [5, 5.41) is -0.0576. The van der Waals surface area contributed by atoms with Gasteiger partial charge >= 0.3 is 0 Å². The van der Waals surface area contributed by atoms with E-state index in [0.29, 0.717) is 0 Å². The lowest BCUT2D eigenvalue weighted by Crippen LogP contribution is -1.98. The zero-order valence-corrected chi connectivity index (χ0v) is 7.90. The van der Waals surface area contributed by atoms with E-state index in [0.717, 1.165) is 0 Å². The van der Waals surface area contributed by atoms with Crippen LogP contribution in [0, 0.1) is 5.82 Å². The molecule has 1 rings (SSSR count). The summed E-state index contributed by atoms with van der Waals surface area (Å²) in [6.45, 7) is -0.345. The predicted molar refractivity (Wildman–Crippen MR) is 45.1 cm³/mol. The maximum absolute atomic E-state index is 13.0. The lowest BCUT2D eigenvalue weighted by Gasteiger charge is -2.06. The van der Waals surface area contributed by atoms with Crippen molar-refractivity contribution in [2.75, 3.05) is 0 Å². The molecule has 0 radical (unpaired) electrons. The van der Waals surface area contributed by atoms with Crippen LogP contribution in [-0.2, 0) is 22.2 Å². The van der Waals surface area contributed by atoms with Crippen molar-refractivity contribution in [2.24, 2.45) is 0 Å². The lowest BCUT2D eigenvalue weighted by atomic mass is 10.2. The van der Waals surface area contributed by atoms with E-state index >= 15 is 0 Å². The Labute approximate surface area is 82.0 Å². The topological polar surface area (TPSA) is 49.4 Å². The van der Waals surface area contributed by atoms with Crippen LogP contribution in [0.1, 0.15) is 5.56 Å². The summed E-state index contributed by atoms with van der Waals surface area (Å²) in [5.41, 5.74) is 0.108. The van der Waals surface area contributed by atoms with Crippen LogP contribution in [0.2, 0.25) is 5.02 Å². The largest absolute Gasteiger partial charge is 0.750 e. The van der Waals surface area contributed by atoms with Crippen molar-refractivity contribution in [3.05, 3.63) is 34.6 Å². The van der Waals surface area contributed by atoms with Crippen molar-refractivity contribution in [3.8, 4) is 0 Å². The zero-order chi connectivity index (χ0) is 9.84. The van der Waals surface area contributed by atoms with Crippen molar-refractivity contribution < 1.29 is 17.3 Å². The Morgan fingerprint density at radius 3 is 2.92 bits per heavy atom. The van der Waals surface area contributed by atoms with E-state index in [4.69, 9.17) is 11.6 Å². The number of hydrogen-bond acceptors (Lipinski definition) is 3. The van der Waals surface area contributed by atoms with Crippen molar-refractivity contribution in [1.29, 1.82) is 0 Å². The summed E-state index contributed by atoms with van der Waals surface area (Å²) in [6, 6.07) is 4.28. The second-order valence-electron chi connectivity index (χ2n) is 2.18. The van der Waals surface area contributed by atoms with E-state index in [1.54, 1.807) is 0 Å². The Bertz CT molecular complexity index is 332. The molecule has 0 saturated heterocycles. The zero-order valence-electron chi connectivity index (χ0n) is 6.33. The van der Waals surface area contributed by atoms with Gasteiger partial charge in [0.1, 0.15) is 5.82 Å². The number of hydrogen-bond donors (Lipinski definition) is 0. The fourth-order valence-electron chi connectivity index (χ4n) is 0.772. The summed E-state index contributed by atoms with van der Waals surface area (Å²) in [4.78, 5) is 0. The first-order valence-electron chi connectivity index (χ1n) is 3.26. The molecule has 13 heavy (non-hydrogen) atoms. The Kier molecular flexibility index (Phi) is 3.80. The molecule has 72 valence electrons. The average molecular weight is 224 g/mol. The van der Waals surface area contributed by atoms with Crippen molar-refractivity contribution in [3.63, 3.8) is 0 Å². The van der Waals surface area contributed by atoms with Gasteiger partial charge in [0.25, 0.3) is 0 Å². The molecule has 0 aliphatic heterocycles. The Hall–Kier alpha value is -0.490. The van der Waals surface area contributed by atoms with Crippen molar-refractivity contribution in [1.82, 2.24) is 0 Å². The first kappa shape index (κ1) is 10.6. The second-order valence-corrected chi connectivity index (χ2v) is 3.23. The fourth-order valence-corrected chi connectivity index (χ4v) is 1.19. The summed E-state index contributed by atoms with van der Waals surface area (Å²) in [6.07, 6.45) is 0. The van der Waals surface area contributed by atoms with Gasteiger partial charge in [0, 0.05) is 5.56 Å². The van der Waals surface area contributed by atoms with Gasteiger partial charge in [-0.3, -0.25) is 4.18 Å². The second kappa shape index (κ2) is 4.66. The van der Waals surface area contributed by atoms with E-state index in [2.05, 4.69) is 4.18 Å². The normalized spacial score (nSPS) is 12.8. The molecule has 1 aromatic rings. The molecule has 0 amide bonds. The average Bonchev–Trinajstić information content (AvgIpc) is 2.07. The minimum atomic E-state index is -2.64. The molecule has 0 N–H and O–H groups in total. The first-order valence-corrected chi connectivity index (χ1v) is 4.64. The molecule has 0 aromatic heterocycles. The van der Waals surface area contributed by atoms with Crippen LogP contribution < -0.4 is 0 Å². The molecule has 0 aliphatic carbocycles. The van der Waals surface area contributed by atoms with Crippen LogP contribution in [0.5, 0.6) is 0 Å².